The van der Waals surface area contributed by atoms with Crippen LogP contribution in [0.3, 0.4) is 0 Å². The molecule has 0 aliphatic carbocycles. The van der Waals surface area contributed by atoms with Gasteiger partial charge in [0.1, 0.15) is 11.4 Å². The lowest BCUT2D eigenvalue weighted by Crippen LogP contribution is -2.45. The number of hydrogen-bond acceptors (Lipinski definition) is 3. The normalized spacial score (nSPS) is 22.6. The Morgan fingerprint density at radius 2 is 1.80 bits per heavy atom. The number of carbonyl (C=O) groups is 1. The van der Waals surface area contributed by atoms with Crippen LogP contribution >= 0.6 is 0 Å². The van der Waals surface area contributed by atoms with Gasteiger partial charge in [-0.05, 0) is 88.3 Å². The molecule has 1 fully saturated rings. The van der Waals surface area contributed by atoms with Gasteiger partial charge in [-0.3, -0.25) is 4.90 Å². The largest absolute Gasteiger partial charge is 0.497 e. The number of ether oxygens (including phenoxy) is 2. The Balaban J connectivity index is 1.89. The van der Waals surface area contributed by atoms with Gasteiger partial charge in [-0.2, -0.15) is 0 Å². The molecule has 136 valence electrons. The van der Waals surface area contributed by atoms with Crippen molar-refractivity contribution < 1.29 is 14.3 Å². The van der Waals surface area contributed by atoms with Crippen molar-refractivity contribution in [1.29, 1.82) is 0 Å². The van der Waals surface area contributed by atoms with Crippen molar-refractivity contribution in [1.82, 2.24) is 4.90 Å². The van der Waals surface area contributed by atoms with E-state index in [0.717, 1.165) is 25.0 Å². The van der Waals surface area contributed by atoms with Crippen LogP contribution in [0, 0.1) is 13.8 Å². The van der Waals surface area contributed by atoms with Gasteiger partial charge in [0.05, 0.1) is 13.2 Å². The van der Waals surface area contributed by atoms with Crippen molar-refractivity contribution in [2.24, 2.45) is 0 Å². The number of rotatable bonds is 2. The van der Waals surface area contributed by atoms with Crippen LogP contribution in [-0.4, -0.2) is 35.8 Å². The van der Waals surface area contributed by atoms with Gasteiger partial charge in [0.15, 0.2) is 0 Å². The Kier molecular flexibility index (Phi) is 4.56. The Morgan fingerprint density at radius 1 is 1.16 bits per heavy atom. The van der Waals surface area contributed by atoms with Crippen LogP contribution in [0.2, 0.25) is 0 Å². The molecule has 1 aromatic carbocycles. The Morgan fingerprint density at radius 3 is 2.32 bits per heavy atom. The lowest BCUT2D eigenvalue weighted by molar-refractivity contribution is 0.0175. The molecule has 1 aromatic rings. The number of hydrogen-bond donors (Lipinski definition) is 0. The van der Waals surface area contributed by atoms with E-state index >= 15 is 0 Å². The van der Waals surface area contributed by atoms with E-state index in [1.165, 1.54) is 22.3 Å². The fraction of sp³-hybridized carbons (Fsp3) is 0.571. The summed E-state index contributed by atoms with van der Waals surface area (Å²) in [5.74, 6) is 0.897. The van der Waals surface area contributed by atoms with Crippen LogP contribution < -0.4 is 4.74 Å². The first kappa shape index (κ1) is 17.8. The topological polar surface area (TPSA) is 38.8 Å². The molecular weight excluding hydrogens is 314 g/mol. The summed E-state index contributed by atoms with van der Waals surface area (Å²) < 4.78 is 11.0. The minimum Gasteiger partial charge on any atom is -0.497 e. The average Bonchev–Trinajstić information content (AvgIpc) is 2.76. The van der Waals surface area contributed by atoms with Gasteiger partial charge in [-0.15, -0.1) is 0 Å². The number of amides is 1. The van der Waals surface area contributed by atoms with E-state index in [0.29, 0.717) is 0 Å². The molecule has 3 rings (SSSR count). The molecule has 2 aliphatic rings. The highest BCUT2D eigenvalue weighted by Gasteiger charge is 2.41. The summed E-state index contributed by atoms with van der Waals surface area (Å²) in [6.45, 7) is 10.0. The van der Waals surface area contributed by atoms with Gasteiger partial charge < -0.3 is 9.47 Å². The first-order valence-electron chi connectivity index (χ1n) is 9.07. The monoisotopic (exact) mass is 343 g/mol. The van der Waals surface area contributed by atoms with Crippen molar-refractivity contribution in [2.45, 2.75) is 71.6 Å². The predicted octanol–water partition coefficient (Wildman–Crippen LogP) is 4.87. The first-order valence-corrected chi connectivity index (χ1v) is 9.07. The molecule has 1 saturated heterocycles. The molecule has 2 unspecified atom stereocenters. The Labute approximate surface area is 150 Å². The van der Waals surface area contributed by atoms with Gasteiger partial charge in [0.25, 0.3) is 0 Å². The lowest BCUT2D eigenvalue weighted by atomic mass is 9.89. The van der Waals surface area contributed by atoms with Gasteiger partial charge >= 0.3 is 6.09 Å². The van der Waals surface area contributed by atoms with Gasteiger partial charge in [-0.1, -0.05) is 6.08 Å². The van der Waals surface area contributed by atoms with Crippen LogP contribution in [0.15, 0.2) is 18.2 Å². The van der Waals surface area contributed by atoms with Crippen molar-refractivity contribution in [2.75, 3.05) is 7.11 Å². The number of carbonyl (C=O) groups excluding carboxylic acids is 1. The van der Waals surface area contributed by atoms with Crippen LogP contribution in [0.25, 0.3) is 5.57 Å². The third kappa shape index (κ3) is 3.53. The second kappa shape index (κ2) is 6.40. The van der Waals surface area contributed by atoms with Crippen molar-refractivity contribution >= 4 is 11.7 Å². The van der Waals surface area contributed by atoms with Crippen LogP contribution in [0.4, 0.5) is 4.79 Å². The molecule has 2 aliphatic heterocycles. The zero-order chi connectivity index (χ0) is 18.4. The quantitative estimate of drug-likeness (QED) is 0.769. The minimum absolute atomic E-state index is 0.143. The summed E-state index contributed by atoms with van der Waals surface area (Å²) in [6.07, 6.45) is 5.04. The summed E-state index contributed by atoms with van der Waals surface area (Å²) in [5, 5.41) is 0. The lowest BCUT2D eigenvalue weighted by Gasteiger charge is -2.36. The molecule has 0 aromatic heterocycles. The van der Waals surface area contributed by atoms with E-state index in [4.69, 9.17) is 9.47 Å². The maximum Gasteiger partial charge on any atom is 0.411 e. The van der Waals surface area contributed by atoms with Crippen LogP contribution in [-0.2, 0) is 4.74 Å². The number of aryl methyl sites for hydroxylation is 2. The third-order valence-electron chi connectivity index (χ3n) is 5.06. The summed E-state index contributed by atoms with van der Waals surface area (Å²) in [5.41, 5.74) is 4.66. The van der Waals surface area contributed by atoms with E-state index in [-0.39, 0.29) is 18.2 Å². The minimum atomic E-state index is -0.455. The molecule has 4 heteroatoms. The van der Waals surface area contributed by atoms with E-state index < -0.39 is 5.60 Å². The predicted molar refractivity (Wildman–Crippen MR) is 99.9 cm³/mol. The van der Waals surface area contributed by atoms with Gasteiger partial charge in [-0.25, -0.2) is 4.79 Å². The number of methoxy groups -OCH3 is 1. The average molecular weight is 343 g/mol. The van der Waals surface area contributed by atoms with E-state index in [1.54, 1.807) is 7.11 Å². The molecule has 0 N–H and O–H groups in total. The number of nitrogens with zero attached hydrogens (tertiary/aromatic N) is 1. The second-order valence-electron chi connectivity index (χ2n) is 8.22. The SMILES string of the molecule is COc1cc(C)c(C2=CC3CCC(C2)N3C(=O)OC(C)(C)C)c(C)c1. The molecule has 2 heterocycles. The zero-order valence-electron chi connectivity index (χ0n) is 16.2. The fourth-order valence-corrected chi connectivity index (χ4v) is 4.16. The molecule has 4 nitrogen and oxygen atoms in total. The maximum absolute atomic E-state index is 12.6. The highest BCUT2D eigenvalue weighted by molar-refractivity contribution is 5.77. The van der Waals surface area contributed by atoms with Crippen molar-refractivity contribution in [3.8, 4) is 5.75 Å². The molecule has 2 atom stereocenters. The molecule has 1 amide bonds. The van der Waals surface area contributed by atoms with Crippen molar-refractivity contribution in [3.05, 3.63) is 34.9 Å². The highest BCUT2D eigenvalue weighted by Crippen LogP contribution is 2.41. The molecule has 2 bridgehead atoms. The Hall–Kier alpha value is -1.97. The molecule has 0 radical (unpaired) electrons. The number of benzene rings is 1. The maximum atomic E-state index is 12.6. The molecular formula is C21H29NO3. The highest BCUT2D eigenvalue weighted by atomic mass is 16.6. The smallest absolute Gasteiger partial charge is 0.411 e. The zero-order valence-corrected chi connectivity index (χ0v) is 16.2. The molecule has 25 heavy (non-hydrogen) atoms. The Bertz CT molecular complexity index is 691. The van der Waals surface area contributed by atoms with Crippen LogP contribution in [0.5, 0.6) is 5.75 Å². The van der Waals surface area contributed by atoms with Gasteiger partial charge in [0.2, 0.25) is 0 Å². The standard InChI is InChI=1S/C21H29NO3/c1-13-9-18(24-6)10-14(2)19(13)15-11-16-7-8-17(12-15)22(16)20(23)25-21(3,4)5/h9-11,16-17H,7-8,12H2,1-6H3. The van der Waals surface area contributed by atoms with Crippen molar-refractivity contribution in [3.63, 3.8) is 0 Å². The van der Waals surface area contributed by atoms with E-state index in [2.05, 4.69) is 32.1 Å². The van der Waals surface area contributed by atoms with E-state index in [9.17, 15) is 4.79 Å². The van der Waals surface area contributed by atoms with Gasteiger partial charge in [0, 0.05) is 6.04 Å². The van der Waals surface area contributed by atoms with Crippen LogP contribution in [0.1, 0.15) is 56.7 Å². The summed E-state index contributed by atoms with van der Waals surface area (Å²) in [4.78, 5) is 14.5. The summed E-state index contributed by atoms with van der Waals surface area (Å²) in [7, 11) is 1.70. The van der Waals surface area contributed by atoms with E-state index in [1.807, 2.05) is 25.7 Å². The molecule has 0 spiro atoms. The summed E-state index contributed by atoms with van der Waals surface area (Å²) in [6, 6.07) is 4.56. The third-order valence-corrected chi connectivity index (χ3v) is 5.06. The second-order valence-corrected chi connectivity index (χ2v) is 8.22. The first-order chi connectivity index (χ1) is 11.7. The number of fused-ring (bicyclic) bond motifs is 2. The molecule has 0 saturated carbocycles. The fourth-order valence-electron chi connectivity index (χ4n) is 4.16. The summed E-state index contributed by atoms with van der Waals surface area (Å²) >= 11 is 0.